The lowest BCUT2D eigenvalue weighted by atomic mass is 10.1. The minimum atomic E-state index is -0.966. The Morgan fingerprint density at radius 2 is 2.55 bits per heavy atom. The van der Waals surface area contributed by atoms with Gasteiger partial charge in [-0.25, -0.2) is 0 Å². The Bertz CT molecular complexity index is 231. The van der Waals surface area contributed by atoms with Gasteiger partial charge in [-0.2, -0.15) is 0 Å². The van der Waals surface area contributed by atoms with Gasteiger partial charge in [0.05, 0.1) is 0 Å². The molecule has 1 atom stereocenters. The molecule has 0 saturated heterocycles. The van der Waals surface area contributed by atoms with E-state index < -0.39 is 12.0 Å². The van der Waals surface area contributed by atoms with Crippen LogP contribution in [0, 0.1) is 0 Å². The van der Waals surface area contributed by atoms with E-state index in [4.69, 9.17) is 10.8 Å². The highest BCUT2D eigenvalue weighted by atomic mass is 16.4. The van der Waals surface area contributed by atoms with Gasteiger partial charge in [0, 0.05) is 12.4 Å². The molecule has 1 aromatic heterocycles. The Labute approximate surface area is 64.0 Å². The van der Waals surface area contributed by atoms with Gasteiger partial charge in [0.25, 0.3) is 0 Å². The summed E-state index contributed by atoms with van der Waals surface area (Å²) < 4.78 is 0. The molecule has 0 aliphatic carbocycles. The van der Waals surface area contributed by atoms with Gasteiger partial charge in [0.15, 0.2) is 0 Å². The van der Waals surface area contributed by atoms with E-state index in [0.29, 0.717) is 6.42 Å². The summed E-state index contributed by atoms with van der Waals surface area (Å²) in [5, 5.41) is 8.45. The zero-order chi connectivity index (χ0) is 8.27. The van der Waals surface area contributed by atoms with E-state index in [1.165, 1.54) is 0 Å². The van der Waals surface area contributed by atoms with Crippen LogP contribution in [0.4, 0.5) is 0 Å². The molecular weight excluding hydrogens is 144 g/mol. The van der Waals surface area contributed by atoms with Gasteiger partial charge in [-0.1, -0.05) is 0 Å². The van der Waals surface area contributed by atoms with Crippen LogP contribution in [-0.2, 0) is 11.2 Å². The Morgan fingerprint density at radius 1 is 1.82 bits per heavy atom. The van der Waals surface area contributed by atoms with Crippen LogP contribution in [0.5, 0.6) is 0 Å². The molecule has 11 heavy (non-hydrogen) atoms. The van der Waals surface area contributed by atoms with E-state index in [9.17, 15) is 4.79 Å². The third-order valence-electron chi connectivity index (χ3n) is 1.44. The van der Waals surface area contributed by atoms with Crippen molar-refractivity contribution in [2.24, 2.45) is 5.73 Å². The van der Waals surface area contributed by atoms with E-state index in [-0.39, 0.29) is 0 Å². The van der Waals surface area contributed by atoms with Crippen molar-refractivity contribution < 1.29 is 9.90 Å². The average molecular weight is 154 g/mol. The van der Waals surface area contributed by atoms with Gasteiger partial charge in [0.2, 0.25) is 0 Å². The van der Waals surface area contributed by atoms with Crippen molar-refractivity contribution >= 4 is 5.97 Å². The van der Waals surface area contributed by atoms with E-state index in [1.807, 2.05) is 6.07 Å². The Balaban J connectivity index is 2.50. The lowest BCUT2D eigenvalue weighted by molar-refractivity contribution is -0.138. The maximum absolute atomic E-state index is 10.3. The average Bonchev–Trinajstić information content (AvgIpc) is 2.39. The van der Waals surface area contributed by atoms with Crippen LogP contribution >= 0.6 is 0 Å². The van der Waals surface area contributed by atoms with Crippen molar-refractivity contribution in [2.45, 2.75) is 12.5 Å². The van der Waals surface area contributed by atoms with Crippen molar-refractivity contribution in [3.05, 3.63) is 24.0 Å². The molecule has 1 rings (SSSR count). The third kappa shape index (κ3) is 2.09. The molecule has 4 nitrogen and oxygen atoms in total. The van der Waals surface area contributed by atoms with Crippen molar-refractivity contribution in [1.82, 2.24) is 4.98 Å². The summed E-state index contributed by atoms with van der Waals surface area (Å²) in [7, 11) is 0. The maximum Gasteiger partial charge on any atom is 0.320 e. The fourth-order valence-corrected chi connectivity index (χ4v) is 0.827. The van der Waals surface area contributed by atoms with Crippen LogP contribution in [0.2, 0.25) is 0 Å². The lowest BCUT2D eigenvalue weighted by Crippen LogP contribution is -2.32. The molecule has 0 bridgehead atoms. The highest BCUT2D eigenvalue weighted by Crippen LogP contribution is 1.99. The fourth-order valence-electron chi connectivity index (χ4n) is 0.827. The molecule has 0 unspecified atom stereocenters. The lowest BCUT2D eigenvalue weighted by Gasteiger charge is -2.02. The smallest absolute Gasteiger partial charge is 0.320 e. The highest BCUT2D eigenvalue weighted by Gasteiger charge is 2.11. The summed E-state index contributed by atoms with van der Waals surface area (Å²) in [6.07, 6.45) is 3.85. The molecule has 4 heteroatoms. The number of nitrogens with two attached hydrogens (primary N) is 1. The van der Waals surface area contributed by atoms with Gasteiger partial charge in [-0.05, 0) is 18.1 Å². The quantitative estimate of drug-likeness (QED) is 0.572. The molecule has 0 aliphatic rings. The molecule has 4 N–H and O–H groups in total. The molecule has 1 aromatic rings. The van der Waals surface area contributed by atoms with E-state index in [1.54, 1.807) is 12.4 Å². The van der Waals surface area contributed by atoms with Crippen LogP contribution in [0.1, 0.15) is 5.56 Å². The topological polar surface area (TPSA) is 79.1 Å². The number of aliphatic carboxylic acids is 1. The molecule has 0 amide bonds. The predicted octanol–water partition coefficient (Wildman–Crippen LogP) is -0.0309. The number of nitrogens with one attached hydrogen (secondary N) is 1. The van der Waals surface area contributed by atoms with Crippen LogP contribution in [-0.4, -0.2) is 22.1 Å². The van der Waals surface area contributed by atoms with Crippen LogP contribution < -0.4 is 5.73 Å². The number of hydrogen-bond donors (Lipinski definition) is 3. The minimum Gasteiger partial charge on any atom is -0.480 e. The monoisotopic (exact) mass is 154 g/mol. The second kappa shape index (κ2) is 3.21. The molecule has 0 radical (unpaired) electrons. The predicted molar refractivity (Wildman–Crippen MR) is 40.1 cm³/mol. The molecule has 1 heterocycles. The second-order valence-electron chi connectivity index (χ2n) is 2.37. The summed E-state index contributed by atoms with van der Waals surface area (Å²) in [6, 6.07) is 1.01. The first-order chi connectivity index (χ1) is 5.20. The van der Waals surface area contributed by atoms with Gasteiger partial charge in [-0.3, -0.25) is 4.79 Å². The first kappa shape index (κ1) is 7.81. The maximum atomic E-state index is 10.3. The first-order valence-corrected chi connectivity index (χ1v) is 3.30. The van der Waals surface area contributed by atoms with Crippen LogP contribution in [0.25, 0.3) is 0 Å². The van der Waals surface area contributed by atoms with Crippen LogP contribution in [0.3, 0.4) is 0 Å². The number of H-pyrrole nitrogens is 1. The first-order valence-electron chi connectivity index (χ1n) is 3.30. The number of carbonyl (C=O) groups is 1. The highest BCUT2D eigenvalue weighted by molar-refractivity contribution is 5.73. The molecule has 0 spiro atoms. The normalized spacial score (nSPS) is 12.8. The molecule has 0 fully saturated rings. The number of carboxylic acids is 1. The largest absolute Gasteiger partial charge is 0.480 e. The summed E-state index contributed by atoms with van der Waals surface area (Å²) in [4.78, 5) is 13.1. The summed E-state index contributed by atoms with van der Waals surface area (Å²) in [5.74, 6) is -0.966. The van der Waals surface area contributed by atoms with Crippen molar-refractivity contribution in [1.29, 1.82) is 0 Å². The number of aromatic nitrogens is 1. The Hall–Kier alpha value is -1.29. The Morgan fingerprint density at radius 3 is 3.00 bits per heavy atom. The molecule has 60 valence electrons. The van der Waals surface area contributed by atoms with Crippen molar-refractivity contribution in [3.63, 3.8) is 0 Å². The van der Waals surface area contributed by atoms with E-state index in [2.05, 4.69) is 4.98 Å². The third-order valence-corrected chi connectivity index (χ3v) is 1.44. The molecule has 0 aliphatic heterocycles. The Kier molecular flexibility index (Phi) is 2.28. The zero-order valence-electron chi connectivity index (χ0n) is 5.95. The summed E-state index contributed by atoms with van der Waals surface area (Å²) in [6.45, 7) is 0. The number of aromatic amines is 1. The van der Waals surface area contributed by atoms with Gasteiger partial charge >= 0.3 is 5.97 Å². The van der Waals surface area contributed by atoms with Gasteiger partial charge in [0.1, 0.15) is 6.04 Å². The van der Waals surface area contributed by atoms with E-state index in [0.717, 1.165) is 5.56 Å². The summed E-state index contributed by atoms with van der Waals surface area (Å²) >= 11 is 0. The van der Waals surface area contributed by atoms with Crippen molar-refractivity contribution in [3.8, 4) is 0 Å². The van der Waals surface area contributed by atoms with Gasteiger partial charge in [-0.15, -0.1) is 0 Å². The second-order valence-corrected chi connectivity index (χ2v) is 2.37. The SMILES string of the molecule is N[C@H](Cc1cc[nH]c1)C(=O)O. The molecule has 0 aromatic carbocycles. The van der Waals surface area contributed by atoms with E-state index >= 15 is 0 Å². The zero-order valence-corrected chi connectivity index (χ0v) is 5.95. The standard InChI is InChI=1S/C7H10N2O2/c8-6(7(10)11)3-5-1-2-9-4-5/h1-2,4,6,9H,3,8H2,(H,10,11)/t6-/m1/s1. The van der Waals surface area contributed by atoms with Crippen molar-refractivity contribution in [2.75, 3.05) is 0 Å². The van der Waals surface area contributed by atoms with Crippen LogP contribution in [0.15, 0.2) is 18.5 Å². The summed E-state index contributed by atoms with van der Waals surface area (Å²) in [5.41, 5.74) is 6.21. The number of carboxylic acid groups (broad SMARTS) is 1. The molecular formula is C7H10N2O2. The minimum absolute atomic E-state index is 0.374. The molecule has 0 saturated carbocycles. The van der Waals surface area contributed by atoms with Gasteiger partial charge < -0.3 is 15.8 Å². The number of rotatable bonds is 3. The fraction of sp³-hybridized carbons (Fsp3) is 0.286. The number of hydrogen-bond acceptors (Lipinski definition) is 2.